The minimum absolute atomic E-state index is 0.258. The molecule has 2 nitrogen and oxygen atoms in total. The fourth-order valence-corrected chi connectivity index (χ4v) is 2.76. The van der Waals surface area contributed by atoms with Gasteiger partial charge in [-0.2, -0.15) is 0 Å². The molecule has 0 saturated carbocycles. The van der Waals surface area contributed by atoms with Gasteiger partial charge in [-0.25, -0.2) is 4.39 Å². The normalized spacial score (nSPS) is 10.9. The SMILES string of the molecule is O=C(Cl)/C=C/c1cc(Cl)c(OCc2ccc(F)cc2)c(Br)c1. The van der Waals surface area contributed by atoms with Gasteiger partial charge in [-0.3, -0.25) is 4.79 Å². The van der Waals surface area contributed by atoms with Crippen molar-refractivity contribution in [3.05, 3.63) is 68.9 Å². The lowest BCUT2D eigenvalue weighted by molar-refractivity contribution is -0.107. The lowest BCUT2D eigenvalue weighted by Crippen LogP contribution is -1.97. The topological polar surface area (TPSA) is 26.3 Å². The van der Waals surface area contributed by atoms with E-state index in [4.69, 9.17) is 27.9 Å². The Bertz CT molecular complexity index is 692. The smallest absolute Gasteiger partial charge is 0.245 e. The maximum Gasteiger partial charge on any atom is 0.245 e. The molecule has 2 aromatic carbocycles. The first kappa shape index (κ1) is 17.0. The van der Waals surface area contributed by atoms with E-state index >= 15 is 0 Å². The fraction of sp³-hybridized carbons (Fsp3) is 0.0625. The molecule has 0 bridgehead atoms. The molecule has 0 heterocycles. The van der Waals surface area contributed by atoms with Crippen molar-refractivity contribution < 1.29 is 13.9 Å². The summed E-state index contributed by atoms with van der Waals surface area (Å²) in [5.74, 6) is 0.174. The Hall–Kier alpha value is -1.36. The van der Waals surface area contributed by atoms with Gasteiger partial charge in [0, 0.05) is 0 Å². The van der Waals surface area contributed by atoms with Crippen molar-refractivity contribution in [3.63, 3.8) is 0 Å². The highest BCUT2D eigenvalue weighted by Gasteiger charge is 2.09. The van der Waals surface area contributed by atoms with E-state index in [2.05, 4.69) is 15.9 Å². The molecule has 0 amide bonds. The van der Waals surface area contributed by atoms with E-state index in [1.807, 2.05) is 0 Å². The van der Waals surface area contributed by atoms with Crippen molar-refractivity contribution in [2.75, 3.05) is 0 Å². The fourth-order valence-electron chi connectivity index (χ4n) is 1.71. The Balaban J connectivity index is 2.14. The van der Waals surface area contributed by atoms with E-state index in [0.717, 1.165) is 5.56 Å². The molecule has 22 heavy (non-hydrogen) atoms. The molecule has 0 N–H and O–H groups in total. The zero-order chi connectivity index (χ0) is 16.1. The standard InChI is InChI=1S/C16H10BrCl2FO2/c17-13-7-11(3-6-15(19)21)8-14(18)16(13)22-9-10-1-4-12(20)5-2-10/h1-8H,9H2/b6-3+. The molecule has 114 valence electrons. The molecule has 0 aliphatic heterocycles. The van der Waals surface area contributed by atoms with Gasteiger partial charge in [0.15, 0.2) is 5.75 Å². The highest BCUT2D eigenvalue weighted by Crippen LogP contribution is 2.35. The molecule has 2 aromatic rings. The van der Waals surface area contributed by atoms with Crippen LogP contribution in [0.5, 0.6) is 5.75 Å². The van der Waals surface area contributed by atoms with Crippen LogP contribution in [0.4, 0.5) is 4.39 Å². The van der Waals surface area contributed by atoms with Crippen LogP contribution in [0.15, 0.2) is 46.9 Å². The summed E-state index contributed by atoms with van der Waals surface area (Å²) in [5.41, 5.74) is 1.53. The number of carbonyl (C=O) groups is 1. The zero-order valence-corrected chi connectivity index (χ0v) is 14.3. The number of benzene rings is 2. The Morgan fingerprint density at radius 2 is 1.95 bits per heavy atom. The van der Waals surface area contributed by atoms with Gasteiger partial charge < -0.3 is 4.74 Å². The number of ether oxygens (including phenoxy) is 1. The highest BCUT2D eigenvalue weighted by atomic mass is 79.9. The van der Waals surface area contributed by atoms with Crippen LogP contribution >= 0.6 is 39.1 Å². The molecule has 0 spiro atoms. The Labute approximate surface area is 145 Å². The maximum absolute atomic E-state index is 12.8. The average molecular weight is 404 g/mol. The van der Waals surface area contributed by atoms with Crippen LogP contribution in [0.25, 0.3) is 6.08 Å². The first-order valence-electron chi connectivity index (χ1n) is 6.19. The molecular formula is C16H10BrCl2FO2. The van der Waals surface area contributed by atoms with Crippen LogP contribution in [0, 0.1) is 5.82 Å². The second kappa shape index (κ2) is 7.77. The van der Waals surface area contributed by atoms with Gasteiger partial charge in [-0.1, -0.05) is 29.8 Å². The third-order valence-electron chi connectivity index (χ3n) is 2.72. The van der Waals surface area contributed by atoms with Crippen molar-refractivity contribution >= 4 is 50.5 Å². The second-order valence-electron chi connectivity index (χ2n) is 4.37. The molecular weight excluding hydrogens is 394 g/mol. The summed E-state index contributed by atoms with van der Waals surface area (Å²) in [4.78, 5) is 10.7. The number of allylic oxidation sites excluding steroid dienone is 1. The third kappa shape index (κ3) is 4.83. The van der Waals surface area contributed by atoms with E-state index in [1.54, 1.807) is 30.3 Å². The first-order chi connectivity index (χ1) is 10.5. The number of hydrogen-bond donors (Lipinski definition) is 0. The summed E-state index contributed by atoms with van der Waals surface area (Å²) in [6, 6.07) is 9.42. The molecule has 0 aromatic heterocycles. The van der Waals surface area contributed by atoms with Crippen LogP contribution in [0.3, 0.4) is 0 Å². The van der Waals surface area contributed by atoms with Crippen molar-refractivity contribution in [3.8, 4) is 5.75 Å². The van der Waals surface area contributed by atoms with E-state index in [-0.39, 0.29) is 12.4 Å². The van der Waals surface area contributed by atoms with Gasteiger partial charge in [-0.05, 0) is 69.0 Å². The van der Waals surface area contributed by atoms with Crippen LogP contribution < -0.4 is 4.74 Å². The van der Waals surface area contributed by atoms with Crippen molar-refractivity contribution in [1.82, 2.24) is 0 Å². The lowest BCUT2D eigenvalue weighted by atomic mass is 10.2. The summed E-state index contributed by atoms with van der Waals surface area (Å²) in [7, 11) is 0. The van der Waals surface area contributed by atoms with E-state index in [1.165, 1.54) is 18.2 Å². The predicted molar refractivity (Wildman–Crippen MR) is 89.8 cm³/mol. The van der Waals surface area contributed by atoms with Crippen LogP contribution in [-0.4, -0.2) is 5.24 Å². The quantitative estimate of drug-likeness (QED) is 0.479. The summed E-state index contributed by atoms with van der Waals surface area (Å²) in [5, 5.41) is -0.179. The second-order valence-corrected chi connectivity index (χ2v) is 6.00. The van der Waals surface area contributed by atoms with Gasteiger partial charge in [0.05, 0.1) is 9.50 Å². The van der Waals surface area contributed by atoms with E-state index in [0.29, 0.717) is 20.8 Å². The molecule has 0 aliphatic rings. The molecule has 0 saturated heterocycles. The van der Waals surface area contributed by atoms with Crippen molar-refractivity contribution in [2.24, 2.45) is 0 Å². The van der Waals surface area contributed by atoms with Gasteiger partial charge in [0.25, 0.3) is 0 Å². The number of halogens is 4. The molecule has 0 radical (unpaired) electrons. The minimum Gasteiger partial charge on any atom is -0.486 e. The van der Waals surface area contributed by atoms with Crippen LogP contribution in [-0.2, 0) is 11.4 Å². The number of hydrogen-bond acceptors (Lipinski definition) is 2. The van der Waals surface area contributed by atoms with E-state index < -0.39 is 5.24 Å². The monoisotopic (exact) mass is 402 g/mol. The van der Waals surface area contributed by atoms with Crippen molar-refractivity contribution in [1.29, 1.82) is 0 Å². The average Bonchev–Trinajstić information content (AvgIpc) is 2.46. The van der Waals surface area contributed by atoms with Gasteiger partial charge in [0.1, 0.15) is 12.4 Å². The molecule has 0 fully saturated rings. The minimum atomic E-state index is -0.566. The molecule has 0 aliphatic carbocycles. The van der Waals surface area contributed by atoms with Gasteiger partial charge >= 0.3 is 0 Å². The Kier molecular flexibility index (Phi) is 6.00. The summed E-state index contributed by atoms with van der Waals surface area (Å²) >= 11 is 14.8. The number of rotatable bonds is 5. The van der Waals surface area contributed by atoms with Crippen molar-refractivity contribution in [2.45, 2.75) is 6.61 Å². The molecule has 0 unspecified atom stereocenters. The third-order valence-corrected chi connectivity index (χ3v) is 3.72. The maximum atomic E-state index is 12.8. The zero-order valence-electron chi connectivity index (χ0n) is 11.2. The lowest BCUT2D eigenvalue weighted by Gasteiger charge is -2.11. The van der Waals surface area contributed by atoms with Gasteiger partial charge in [0.2, 0.25) is 5.24 Å². The highest BCUT2D eigenvalue weighted by molar-refractivity contribution is 9.10. The van der Waals surface area contributed by atoms with Gasteiger partial charge in [-0.15, -0.1) is 0 Å². The van der Waals surface area contributed by atoms with E-state index in [9.17, 15) is 9.18 Å². The Morgan fingerprint density at radius 1 is 1.27 bits per heavy atom. The molecule has 2 rings (SSSR count). The summed E-state index contributed by atoms with van der Waals surface area (Å²) in [6.45, 7) is 0.258. The van der Waals surface area contributed by atoms with Crippen LogP contribution in [0.1, 0.15) is 11.1 Å². The Morgan fingerprint density at radius 3 is 2.55 bits per heavy atom. The summed E-state index contributed by atoms with van der Waals surface area (Å²) < 4.78 is 19.1. The predicted octanol–water partition coefficient (Wildman–Crippen LogP) is 5.60. The first-order valence-corrected chi connectivity index (χ1v) is 7.74. The van der Waals surface area contributed by atoms with Crippen LogP contribution in [0.2, 0.25) is 5.02 Å². The molecule has 6 heteroatoms. The summed E-state index contributed by atoms with van der Waals surface area (Å²) in [6.07, 6.45) is 2.79. The molecule has 0 atom stereocenters. The largest absolute Gasteiger partial charge is 0.486 e. The number of carbonyl (C=O) groups excluding carboxylic acids is 1.